The summed E-state index contributed by atoms with van der Waals surface area (Å²) in [5, 5.41) is 10.8. The van der Waals surface area contributed by atoms with E-state index in [1.165, 1.54) is 5.56 Å². The Bertz CT molecular complexity index is 359. The second-order valence-electron chi connectivity index (χ2n) is 4.55. The van der Waals surface area contributed by atoms with Gasteiger partial charge < -0.3 is 10.6 Å². The Hall–Kier alpha value is -0.790. The number of hydrogen-bond acceptors (Lipinski definition) is 2. The Kier molecular flexibility index (Phi) is 8.78. The van der Waals surface area contributed by atoms with Gasteiger partial charge in [0.25, 0.3) is 0 Å². The molecule has 5 nitrogen and oxygen atoms in total. The van der Waals surface area contributed by atoms with Gasteiger partial charge in [-0.2, -0.15) is 5.10 Å². The van der Waals surface area contributed by atoms with Gasteiger partial charge in [0, 0.05) is 26.3 Å². The van der Waals surface area contributed by atoms with Crippen molar-refractivity contribution in [2.45, 2.75) is 27.3 Å². The van der Waals surface area contributed by atoms with Crippen LogP contribution >= 0.6 is 24.0 Å². The molecule has 0 unspecified atom stereocenters. The van der Waals surface area contributed by atoms with Crippen LogP contribution in [0.1, 0.15) is 19.4 Å². The predicted octanol–water partition coefficient (Wildman–Crippen LogP) is 1.63. The van der Waals surface area contributed by atoms with Crippen molar-refractivity contribution >= 4 is 29.9 Å². The molecule has 0 aromatic carbocycles. The van der Waals surface area contributed by atoms with Crippen LogP contribution in [0.2, 0.25) is 0 Å². The number of hydrogen-bond donors (Lipinski definition) is 2. The molecule has 0 saturated heterocycles. The third-order valence-electron chi connectivity index (χ3n) is 2.30. The molecule has 0 radical (unpaired) electrons. The monoisotopic (exact) mass is 365 g/mol. The lowest BCUT2D eigenvalue weighted by Crippen LogP contribution is -2.40. The fourth-order valence-corrected chi connectivity index (χ4v) is 1.40. The van der Waals surface area contributed by atoms with Gasteiger partial charge in [-0.1, -0.05) is 13.8 Å². The van der Waals surface area contributed by atoms with Crippen LogP contribution < -0.4 is 10.6 Å². The van der Waals surface area contributed by atoms with Gasteiger partial charge in [0.05, 0.1) is 12.7 Å². The lowest BCUT2D eigenvalue weighted by atomic mass is 10.2. The molecule has 2 N–H and O–H groups in total. The van der Waals surface area contributed by atoms with E-state index in [4.69, 9.17) is 0 Å². The van der Waals surface area contributed by atoms with E-state index in [1.807, 2.05) is 24.0 Å². The summed E-state index contributed by atoms with van der Waals surface area (Å²) in [6, 6.07) is 0. The van der Waals surface area contributed by atoms with Crippen LogP contribution in [-0.2, 0) is 6.54 Å². The fraction of sp³-hybridized carbons (Fsp3) is 0.667. The van der Waals surface area contributed by atoms with Gasteiger partial charge >= 0.3 is 0 Å². The first-order valence-electron chi connectivity index (χ1n) is 6.05. The molecule has 0 atom stereocenters. The molecule has 0 bridgehead atoms. The zero-order chi connectivity index (χ0) is 12.7. The number of aryl methyl sites for hydroxylation is 1. The molecule has 0 amide bonds. The van der Waals surface area contributed by atoms with E-state index >= 15 is 0 Å². The van der Waals surface area contributed by atoms with E-state index < -0.39 is 0 Å². The second-order valence-corrected chi connectivity index (χ2v) is 4.55. The first kappa shape index (κ1) is 17.2. The highest BCUT2D eigenvalue weighted by atomic mass is 127. The standard InChI is InChI=1S/C12H23N5.HI/c1-10(2)7-15-12(13-4)14-5-6-17-9-11(3)8-16-17;/h8-10H,5-7H2,1-4H3,(H2,13,14,15);1H. The fourth-order valence-electron chi connectivity index (χ4n) is 1.40. The van der Waals surface area contributed by atoms with Crippen LogP contribution in [0.15, 0.2) is 17.4 Å². The Labute approximate surface area is 126 Å². The Morgan fingerprint density at radius 3 is 2.67 bits per heavy atom. The van der Waals surface area contributed by atoms with Crippen molar-refractivity contribution in [1.82, 2.24) is 20.4 Å². The van der Waals surface area contributed by atoms with Gasteiger partial charge in [0.1, 0.15) is 0 Å². The lowest BCUT2D eigenvalue weighted by Gasteiger charge is -2.13. The maximum atomic E-state index is 4.23. The van der Waals surface area contributed by atoms with E-state index in [9.17, 15) is 0 Å². The van der Waals surface area contributed by atoms with Crippen molar-refractivity contribution in [1.29, 1.82) is 0 Å². The molecule has 6 heteroatoms. The number of guanidine groups is 1. The molecular formula is C12H24IN5. The molecule has 18 heavy (non-hydrogen) atoms. The summed E-state index contributed by atoms with van der Waals surface area (Å²) in [4.78, 5) is 4.16. The van der Waals surface area contributed by atoms with Crippen LogP contribution in [0.4, 0.5) is 0 Å². The summed E-state index contributed by atoms with van der Waals surface area (Å²) in [5.74, 6) is 1.46. The summed E-state index contributed by atoms with van der Waals surface area (Å²) in [6.45, 7) is 8.98. The van der Waals surface area contributed by atoms with Crippen LogP contribution in [-0.4, -0.2) is 35.9 Å². The zero-order valence-electron chi connectivity index (χ0n) is 11.6. The van der Waals surface area contributed by atoms with Crippen molar-refractivity contribution in [2.75, 3.05) is 20.1 Å². The number of nitrogens with one attached hydrogen (secondary N) is 2. The van der Waals surface area contributed by atoms with Gasteiger partial charge in [0.2, 0.25) is 0 Å². The van der Waals surface area contributed by atoms with E-state index in [-0.39, 0.29) is 24.0 Å². The third kappa shape index (κ3) is 6.83. The molecule has 0 aliphatic rings. The largest absolute Gasteiger partial charge is 0.356 e. The number of aromatic nitrogens is 2. The minimum absolute atomic E-state index is 0. The highest BCUT2D eigenvalue weighted by Gasteiger charge is 1.99. The summed E-state index contributed by atoms with van der Waals surface area (Å²) < 4.78 is 1.93. The lowest BCUT2D eigenvalue weighted by molar-refractivity contribution is 0.584. The van der Waals surface area contributed by atoms with Crippen LogP contribution in [0, 0.1) is 12.8 Å². The molecule has 0 aliphatic carbocycles. The van der Waals surface area contributed by atoms with Gasteiger partial charge in [0.15, 0.2) is 5.96 Å². The minimum Gasteiger partial charge on any atom is -0.356 e. The van der Waals surface area contributed by atoms with Crippen LogP contribution in [0.25, 0.3) is 0 Å². The smallest absolute Gasteiger partial charge is 0.191 e. The third-order valence-corrected chi connectivity index (χ3v) is 2.30. The molecule has 0 saturated carbocycles. The average Bonchev–Trinajstić information content (AvgIpc) is 2.69. The average molecular weight is 365 g/mol. The summed E-state index contributed by atoms with van der Waals surface area (Å²) in [7, 11) is 1.79. The quantitative estimate of drug-likeness (QED) is 0.474. The van der Waals surface area contributed by atoms with Crippen molar-refractivity contribution in [2.24, 2.45) is 10.9 Å². The van der Waals surface area contributed by atoms with E-state index in [0.717, 1.165) is 25.6 Å². The molecule has 1 heterocycles. The summed E-state index contributed by atoms with van der Waals surface area (Å²) in [6.07, 6.45) is 3.90. The first-order chi connectivity index (χ1) is 8.11. The Morgan fingerprint density at radius 2 is 2.17 bits per heavy atom. The van der Waals surface area contributed by atoms with Crippen LogP contribution in [0.3, 0.4) is 0 Å². The molecule has 104 valence electrons. The summed E-state index contributed by atoms with van der Waals surface area (Å²) in [5.41, 5.74) is 1.19. The second kappa shape index (κ2) is 9.18. The van der Waals surface area contributed by atoms with Gasteiger partial charge in [-0.05, 0) is 18.4 Å². The van der Waals surface area contributed by atoms with Gasteiger partial charge in [-0.3, -0.25) is 9.67 Å². The van der Waals surface area contributed by atoms with Crippen molar-refractivity contribution < 1.29 is 0 Å². The van der Waals surface area contributed by atoms with Crippen molar-refractivity contribution in [3.8, 4) is 0 Å². The number of halogens is 1. The predicted molar refractivity (Wildman–Crippen MR) is 86.6 cm³/mol. The molecule has 0 fully saturated rings. The number of nitrogens with zero attached hydrogens (tertiary/aromatic N) is 3. The van der Waals surface area contributed by atoms with E-state index in [0.29, 0.717) is 5.92 Å². The molecular weight excluding hydrogens is 341 g/mol. The molecule has 1 aromatic rings. The van der Waals surface area contributed by atoms with Crippen molar-refractivity contribution in [3.63, 3.8) is 0 Å². The molecule has 0 spiro atoms. The highest BCUT2D eigenvalue weighted by molar-refractivity contribution is 14.0. The van der Waals surface area contributed by atoms with E-state index in [1.54, 1.807) is 7.05 Å². The maximum absolute atomic E-state index is 4.23. The Balaban J connectivity index is 0.00000289. The topological polar surface area (TPSA) is 54.2 Å². The molecule has 1 aromatic heterocycles. The summed E-state index contributed by atoms with van der Waals surface area (Å²) >= 11 is 0. The Morgan fingerprint density at radius 1 is 1.44 bits per heavy atom. The zero-order valence-corrected chi connectivity index (χ0v) is 13.9. The van der Waals surface area contributed by atoms with Crippen molar-refractivity contribution in [3.05, 3.63) is 18.0 Å². The maximum Gasteiger partial charge on any atom is 0.191 e. The van der Waals surface area contributed by atoms with Crippen LogP contribution in [0.5, 0.6) is 0 Å². The van der Waals surface area contributed by atoms with E-state index in [2.05, 4.69) is 34.6 Å². The molecule has 0 aliphatic heterocycles. The van der Waals surface area contributed by atoms with Gasteiger partial charge in [-0.15, -0.1) is 24.0 Å². The SMILES string of the molecule is CN=C(NCCn1cc(C)cn1)NCC(C)C.I. The first-order valence-corrected chi connectivity index (χ1v) is 6.05. The minimum atomic E-state index is 0. The molecule has 1 rings (SSSR count). The highest BCUT2D eigenvalue weighted by Crippen LogP contribution is 1.92. The van der Waals surface area contributed by atoms with Gasteiger partial charge in [-0.25, -0.2) is 0 Å². The normalized spacial score (nSPS) is 11.3. The number of aliphatic imine (C=N–C) groups is 1. The number of rotatable bonds is 5.